The van der Waals surface area contributed by atoms with Gasteiger partial charge < -0.3 is 5.32 Å². The van der Waals surface area contributed by atoms with Crippen molar-refractivity contribution in [3.05, 3.63) is 34.9 Å². The van der Waals surface area contributed by atoms with Crippen molar-refractivity contribution in [2.45, 2.75) is 25.3 Å². The molecule has 0 aromatic heterocycles. The van der Waals surface area contributed by atoms with Crippen molar-refractivity contribution < 1.29 is 4.79 Å². The van der Waals surface area contributed by atoms with Crippen molar-refractivity contribution in [2.75, 3.05) is 0 Å². The van der Waals surface area contributed by atoms with Crippen LogP contribution in [0.1, 0.15) is 34.3 Å². The molecule has 1 aliphatic heterocycles. The van der Waals surface area contributed by atoms with Crippen LogP contribution >= 0.6 is 0 Å². The van der Waals surface area contributed by atoms with Gasteiger partial charge in [-0.1, -0.05) is 18.2 Å². The third kappa shape index (κ3) is 0.755. The molecule has 1 aliphatic carbocycles. The smallest absolute Gasteiger partial charge is 0.252 e. The Kier molecular flexibility index (Phi) is 1.07. The molecule has 2 heteroatoms. The van der Waals surface area contributed by atoms with Crippen LogP contribution in [-0.2, 0) is 5.54 Å². The van der Waals surface area contributed by atoms with Crippen LogP contribution in [0.25, 0.3) is 0 Å². The molecular weight excluding hydrogens is 162 g/mol. The van der Waals surface area contributed by atoms with Gasteiger partial charge in [0.25, 0.3) is 5.91 Å². The standard InChI is InChI=1S/C11H11NO/c1-7-3-2-4-8-9(7)10(13)12-11(8)5-6-11/h2-4H,5-6H2,1H3,(H,12,13). The van der Waals surface area contributed by atoms with E-state index in [9.17, 15) is 4.79 Å². The molecule has 1 amide bonds. The summed E-state index contributed by atoms with van der Waals surface area (Å²) in [5.74, 6) is 0.116. The maximum absolute atomic E-state index is 11.6. The number of aryl methyl sites for hydroxylation is 1. The van der Waals surface area contributed by atoms with Crippen LogP contribution in [0, 0.1) is 6.92 Å². The van der Waals surface area contributed by atoms with Gasteiger partial charge in [0.15, 0.2) is 0 Å². The highest BCUT2D eigenvalue weighted by molar-refractivity contribution is 6.01. The Morgan fingerprint density at radius 1 is 1.38 bits per heavy atom. The molecule has 0 radical (unpaired) electrons. The molecule has 1 aromatic carbocycles. The second-order valence-corrected chi connectivity index (χ2v) is 4.03. The van der Waals surface area contributed by atoms with Crippen molar-refractivity contribution in [1.29, 1.82) is 0 Å². The lowest BCUT2D eigenvalue weighted by Crippen LogP contribution is -2.25. The summed E-state index contributed by atoms with van der Waals surface area (Å²) in [5.41, 5.74) is 3.27. The summed E-state index contributed by atoms with van der Waals surface area (Å²) in [5, 5.41) is 3.07. The molecule has 13 heavy (non-hydrogen) atoms. The highest BCUT2D eigenvalue weighted by atomic mass is 16.2. The maximum atomic E-state index is 11.6. The van der Waals surface area contributed by atoms with Crippen LogP contribution < -0.4 is 5.32 Å². The van der Waals surface area contributed by atoms with Crippen LogP contribution in [0.15, 0.2) is 18.2 Å². The molecule has 0 atom stereocenters. The van der Waals surface area contributed by atoms with E-state index in [2.05, 4.69) is 11.4 Å². The van der Waals surface area contributed by atoms with E-state index in [4.69, 9.17) is 0 Å². The van der Waals surface area contributed by atoms with Crippen molar-refractivity contribution in [3.8, 4) is 0 Å². The van der Waals surface area contributed by atoms with E-state index in [1.165, 1.54) is 5.56 Å². The lowest BCUT2D eigenvalue weighted by molar-refractivity contribution is 0.0952. The van der Waals surface area contributed by atoms with Crippen LogP contribution in [0.4, 0.5) is 0 Å². The fourth-order valence-corrected chi connectivity index (χ4v) is 2.23. The number of hydrogen-bond donors (Lipinski definition) is 1. The van der Waals surface area contributed by atoms with Gasteiger partial charge in [-0.05, 0) is 30.9 Å². The van der Waals surface area contributed by atoms with Crippen molar-refractivity contribution in [1.82, 2.24) is 5.32 Å². The monoisotopic (exact) mass is 173 g/mol. The van der Waals surface area contributed by atoms with E-state index in [1.807, 2.05) is 19.1 Å². The summed E-state index contributed by atoms with van der Waals surface area (Å²) >= 11 is 0. The highest BCUT2D eigenvalue weighted by Gasteiger charge is 2.52. The summed E-state index contributed by atoms with van der Waals surface area (Å²) in [6.07, 6.45) is 2.21. The summed E-state index contributed by atoms with van der Waals surface area (Å²) in [4.78, 5) is 11.6. The summed E-state index contributed by atoms with van der Waals surface area (Å²) in [6, 6.07) is 6.11. The molecule has 3 rings (SSSR count). The Hall–Kier alpha value is -1.31. The molecule has 0 bridgehead atoms. The molecule has 1 N–H and O–H groups in total. The minimum Gasteiger partial charge on any atom is -0.342 e. The van der Waals surface area contributed by atoms with E-state index < -0.39 is 0 Å². The lowest BCUT2D eigenvalue weighted by atomic mass is 9.99. The van der Waals surface area contributed by atoms with E-state index in [0.717, 1.165) is 24.0 Å². The zero-order valence-electron chi connectivity index (χ0n) is 7.55. The molecule has 0 unspecified atom stereocenters. The maximum Gasteiger partial charge on any atom is 0.252 e. The Morgan fingerprint density at radius 3 is 2.85 bits per heavy atom. The number of rotatable bonds is 0. The third-order valence-electron chi connectivity index (χ3n) is 3.12. The largest absolute Gasteiger partial charge is 0.342 e. The van der Waals surface area contributed by atoms with Gasteiger partial charge in [0.05, 0.1) is 5.54 Å². The Labute approximate surface area is 77.0 Å². The predicted molar refractivity (Wildman–Crippen MR) is 49.6 cm³/mol. The van der Waals surface area contributed by atoms with Crippen molar-refractivity contribution in [3.63, 3.8) is 0 Å². The van der Waals surface area contributed by atoms with E-state index in [-0.39, 0.29) is 11.4 Å². The van der Waals surface area contributed by atoms with Gasteiger partial charge in [-0.3, -0.25) is 4.79 Å². The van der Waals surface area contributed by atoms with Gasteiger partial charge in [-0.2, -0.15) is 0 Å². The van der Waals surface area contributed by atoms with Gasteiger partial charge >= 0.3 is 0 Å². The fourth-order valence-electron chi connectivity index (χ4n) is 2.23. The van der Waals surface area contributed by atoms with E-state index in [0.29, 0.717) is 0 Å². The van der Waals surface area contributed by atoms with Gasteiger partial charge in [0, 0.05) is 5.56 Å². The molecule has 1 fully saturated rings. The number of amides is 1. The average Bonchev–Trinajstić information content (AvgIpc) is 2.78. The second-order valence-electron chi connectivity index (χ2n) is 4.03. The molecule has 0 saturated heterocycles. The number of carbonyl (C=O) groups is 1. The van der Waals surface area contributed by atoms with Gasteiger partial charge in [0.2, 0.25) is 0 Å². The molecule has 2 aliphatic rings. The zero-order chi connectivity index (χ0) is 9.05. The van der Waals surface area contributed by atoms with Crippen LogP contribution in [0.5, 0.6) is 0 Å². The summed E-state index contributed by atoms with van der Waals surface area (Å²) in [6.45, 7) is 2.00. The first-order valence-electron chi connectivity index (χ1n) is 4.66. The number of nitrogens with one attached hydrogen (secondary N) is 1. The van der Waals surface area contributed by atoms with Crippen LogP contribution in [0.3, 0.4) is 0 Å². The normalized spacial score (nSPS) is 21.5. The predicted octanol–water partition coefficient (Wildman–Crippen LogP) is 1.73. The molecule has 2 nitrogen and oxygen atoms in total. The number of hydrogen-bond acceptors (Lipinski definition) is 1. The molecule has 1 spiro atoms. The van der Waals surface area contributed by atoms with Gasteiger partial charge in [0.1, 0.15) is 0 Å². The van der Waals surface area contributed by atoms with E-state index in [1.54, 1.807) is 0 Å². The Bertz CT molecular complexity index is 405. The lowest BCUT2D eigenvalue weighted by Gasteiger charge is -2.06. The third-order valence-corrected chi connectivity index (χ3v) is 3.12. The van der Waals surface area contributed by atoms with Crippen LogP contribution in [0.2, 0.25) is 0 Å². The quantitative estimate of drug-likeness (QED) is 0.636. The Balaban J connectivity index is 2.30. The average molecular weight is 173 g/mol. The Morgan fingerprint density at radius 2 is 2.15 bits per heavy atom. The van der Waals surface area contributed by atoms with Gasteiger partial charge in [-0.25, -0.2) is 0 Å². The molecule has 1 heterocycles. The number of benzene rings is 1. The molecule has 1 saturated carbocycles. The number of fused-ring (bicyclic) bond motifs is 2. The number of carbonyl (C=O) groups excluding carboxylic acids is 1. The van der Waals surface area contributed by atoms with Crippen LogP contribution in [-0.4, -0.2) is 5.91 Å². The topological polar surface area (TPSA) is 29.1 Å². The minimum absolute atomic E-state index is 0.0401. The molecule has 66 valence electrons. The first kappa shape index (κ1) is 7.13. The first-order chi connectivity index (χ1) is 6.23. The summed E-state index contributed by atoms with van der Waals surface area (Å²) in [7, 11) is 0. The van der Waals surface area contributed by atoms with E-state index >= 15 is 0 Å². The first-order valence-corrected chi connectivity index (χ1v) is 4.66. The highest BCUT2D eigenvalue weighted by Crippen LogP contribution is 2.50. The van der Waals surface area contributed by atoms with Crippen molar-refractivity contribution in [2.24, 2.45) is 0 Å². The second kappa shape index (κ2) is 1.95. The zero-order valence-corrected chi connectivity index (χ0v) is 7.55. The molecular formula is C11H11NO. The summed E-state index contributed by atoms with van der Waals surface area (Å²) < 4.78 is 0. The minimum atomic E-state index is 0.0401. The van der Waals surface area contributed by atoms with Crippen molar-refractivity contribution >= 4 is 5.91 Å². The van der Waals surface area contributed by atoms with Gasteiger partial charge in [-0.15, -0.1) is 0 Å². The molecule has 1 aromatic rings. The fraction of sp³-hybridized carbons (Fsp3) is 0.364. The SMILES string of the molecule is Cc1cccc2c1C(=O)NC21CC1.